The van der Waals surface area contributed by atoms with Crippen LogP contribution in [0.1, 0.15) is 133 Å². The molecule has 3 aliphatic heterocycles. The molecule has 2 bridgehead atoms. The number of aryl methyl sites for hydroxylation is 1. The van der Waals surface area contributed by atoms with Crippen molar-refractivity contribution in [3.63, 3.8) is 0 Å². The van der Waals surface area contributed by atoms with E-state index in [1.54, 1.807) is 0 Å². The van der Waals surface area contributed by atoms with Gasteiger partial charge in [0, 0.05) is 38.3 Å². The summed E-state index contributed by atoms with van der Waals surface area (Å²) >= 11 is 0. The Morgan fingerprint density at radius 2 is 1.53 bits per heavy atom. The van der Waals surface area contributed by atoms with E-state index in [0.717, 1.165) is 24.4 Å². The van der Waals surface area contributed by atoms with E-state index < -0.39 is 6.85 Å². The average Bonchev–Trinajstić information content (AvgIpc) is 3.69. The molecule has 3 heteroatoms. The van der Waals surface area contributed by atoms with Crippen molar-refractivity contribution in [2.24, 2.45) is 11.8 Å². The van der Waals surface area contributed by atoms with Crippen LogP contribution in [0.4, 0.5) is 22.7 Å². The Morgan fingerprint density at radius 3 is 2.22 bits per heavy atom. The van der Waals surface area contributed by atoms with E-state index in [4.69, 9.17) is 4.11 Å². The van der Waals surface area contributed by atoms with Crippen LogP contribution in [-0.2, 0) is 16.2 Å². The summed E-state index contributed by atoms with van der Waals surface area (Å²) in [5, 5.41) is 0. The van der Waals surface area contributed by atoms with Crippen molar-refractivity contribution >= 4 is 45.9 Å². The van der Waals surface area contributed by atoms with Crippen molar-refractivity contribution in [2.45, 2.75) is 141 Å². The molecule has 2 nitrogen and oxygen atoms in total. The van der Waals surface area contributed by atoms with E-state index in [2.05, 4.69) is 108 Å². The van der Waals surface area contributed by atoms with Crippen molar-refractivity contribution in [2.75, 3.05) is 9.80 Å². The van der Waals surface area contributed by atoms with Crippen LogP contribution < -0.4 is 26.2 Å². The summed E-state index contributed by atoms with van der Waals surface area (Å²) in [7, 11) is 0. The molecule has 3 aromatic carbocycles. The maximum Gasteiger partial charge on any atom is 0.252 e. The summed E-state index contributed by atoms with van der Waals surface area (Å²) in [6.07, 6.45) is 9.86. The first-order valence-corrected chi connectivity index (χ1v) is 18.0. The Hall–Kier alpha value is -2.68. The second-order valence-corrected chi connectivity index (χ2v) is 18.4. The predicted molar refractivity (Wildman–Crippen MR) is 194 cm³/mol. The van der Waals surface area contributed by atoms with E-state index in [9.17, 15) is 0 Å². The van der Waals surface area contributed by atoms with E-state index in [1.165, 1.54) is 88.7 Å². The van der Waals surface area contributed by atoms with Gasteiger partial charge >= 0.3 is 0 Å². The second kappa shape index (κ2) is 8.81. The normalized spacial score (nSPS) is 32.0. The standard InChI is InChI=1S/C42H53BN2/c1-25-18-35-37-36(19-25)45-38-30(41(8)16-10-11-17-42(41,45)9)22-29(40(5,6)7)24-32(38)43(37)31-23-28(39(2,3)4)14-15-33(31)44(35)34-21-26-12-13-27(34)20-26/h14-15,18-19,22-24,26-27,34H,10-13,16-17,20-21H2,1-9H3/i1D3. The molecule has 3 fully saturated rings. The van der Waals surface area contributed by atoms with Gasteiger partial charge in [-0.25, -0.2) is 0 Å². The quantitative estimate of drug-likeness (QED) is 0.258. The molecule has 3 saturated carbocycles. The average molecular weight is 600 g/mol. The van der Waals surface area contributed by atoms with Gasteiger partial charge in [0.2, 0.25) is 0 Å². The highest BCUT2D eigenvalue weighted by Gasteiger charge is 2.62. The van der Waals surface area contributed by atoms with Crippen molar-refractivity contribution in [3.8, 4) is 0 Å². The number of nitrogens with zero attached hydrogens (tertiary/aromatic N) is 2. The summed E-state index contributed by atoms with van der Waals surface area (Å²) in [4.78, 5) is 5.37. The molecular weight excluding hydrogens is 543 g/mol. The second-order valence-electron chi connectivity index (χ2n) is 18.4. The van der Waals surface area contributed by atoms with E-state index in [0.29, 0.717) is 17.5 Å². The van der Waals surface area contributed by atoms with Gasteiger partial charge in [-0.3, -0.25) is 0 Å². The van der Waals surface area contributed by atoms with Crippen LogP contribution in [0.3, 0.4) is 0 Å². The van der Waals surface area contributed by atoms with Gasteiger partial charge in [0.15, 0.2) is 0 Å². The monoisotopic (exact) mass is 599 g/mol. The van der Waals surface area contributed by atoms with Gasteiger partial charge in [-0.15, -0.1) is 0 Å². The highest BCUT2D eigenvalue weighted by atomic mass is 15.3. The smallest absolute Gasteiger partial charge is 0.252 e. The topological polar surface area (TPSA) is 6.48 Å². The molecule has 5 atom stereocenters. The zero-order valence-electron chi connectivity index (χ0n) is 31.9. The summed E-state index contributed by atoms with van der Waals surface area (Å²) in [5.74, 6) is 1.45. The molecule has 234 valence electrons. The molecule has 0 saturated heterocycles. The third kappa shape index (κ3) is 3.60. The summed E-state index contributed by atoms with van der Waals surface area (Å²) in [6, 6.07) is 17.0. The third-order valence-corrected chi connectivity index (χ3v) is 13.8. The highest BCUT2D eigenvalue weighted by Crippen LogP contribution is 2.62. The summed E-state index contributed by atoms with van der Waals surface area (Å²) < 4.78 is 26.3. The molecule has 6 aliphatic rings. The maximum atomic E-state index is 8.77. The fourth-order valence-corrected chi connectivity index (χ4v) is 11.2. The maximum absolute atomic E-state index is 8.77. The Bertz CT molecular complexity index is 1880. The molecule has 0 amide bonds. The van der Waals surface area contributed by atoms with Gasteiger partial charge < -0.3 is 9.80 Å². The van der Waals surface area contributed by atoms with Gasteiger partial charge in [0.25, 0.3) is 6.71 Å². The van der Waals surface area contributed by atoms with Crippen molar-refractivity contribution in [1.82, 2.24) is 0 Å². The molecule has 5 unspecified atom stereocenters. The molecule has 0 radical (unpaired) electrons. The Labute approximate surface area is 277 Å². The Kier molecular flexibility index (Phi) is 4.98. The van der Waals surface area contributed by atoms with Crippen LogP contribution in [0, 0.1) is 18.7 Å². The SMILES string of the molecule is [2H]C([2H])([2H])c1cc2c3c(c1)N1c4c(cc(C(C)(C)C)cc4C4(C)CCCCC14C)B3c1cc(C(C)(C)C)ccc1N2C1CC2CCC1C2. The van der Waals surface area contributed by atoms with Crippen molar-refractivity contribution in [3.05, 3.63) is 64.7 Å². The molecule has 45 heavy (non-hydrogen) atoms. The number of fused-ring (bicyclic) bond motifs is 9. The van der Waals surface area contributed by atoms with Gasteiger partial charge in [-0.2, -0.15) is 0 Å². The zero-order chi connectivity index (χ0) is 33.9. The number of hydrogen-bond donors (Lipinski definition) is 0. The summed E-state index contributed by atoms with van der Waals surface area (Å²) in [6.45, 7) is 17.0. The Balaban J connectivity index is 1.43. The minimum Gasteiger partial charge on any atom is -0.339 e. The van der Waals surface area contributed by atoms with Gasteiger partial charge in [0.1, 0.15) is 0 Å². The number of rotatable bonds is 1. The van der Waals surface area contributed by atoms with Gasteiger partial charge in [0.05, 0.1) is 5.54 Å². The van der Waals surface area contributed by atoms with Crippen molar-refractivity contribution < 1.29 is 4.11 Å². The van der Waals surface area contributed by atoms with Crippen LogP contribution in [-0.4, -0.2) is 18.3 Å². The van der Waals surface area contributed by atoms with E-state index in [1.807, 2.05) is 0 Å². The van der Waals surface area contributed by atoms with Crippen LogP contribution in [0.5, 0.6) is 0 Å². The predicted octanol–water partition coefficient (Wildman–Crippen LogP) is 8.80. The first-order chi connectivity index (χ1) is 22.4. The molecule has 3 aliphatic carbocycles. The molecular formula is C42H53BN2. The molecule has 0 aromatic heterocycles. The number of hydrogen-bond acceptors (Lipinski definition) is 2. The lowest BCUT2D eigenvalue weighted by Gasteiger charge is -2.53. The highest BCUT2D eigenvalue weighted by molar-refractivity contribution is 7.00. The number of anilines is 4. The van der Waals surface area contributed by atoms with Crippen LogP contribution in [0.25, 0.3) is 0 Å². The first kappa shape index (κ1) is 25.4. The van der Waals surface area contributed by atoms with Crippen molar-refractivity contribution in [1.29, 1.82) is 0 Å². The number of benzene rings is 3. The van der Waals surface area contributed by atoms with E-state index in [-0.39, 0.29) is 28.5 Å². The third-order valence-electron chi connectivity index (χ3n) is 13.8. The zero-order valence-corrected chi connectivity index (χ0v) is 28.9. The molecule has 0 N–H and O–H groups in total. The van der Waals surface area contributed by atoms with Gasteiger partial charge in [-0.05, 0) is 125 Å². The van der Waals surface area contributed by atoms with Crippen LogP contribution >= 0.6 is 0 Å². The van der Waals surface area contributed by atoms with Crippen LogP contribution in [0.15, 0.2) is 42.5 Å². The Morgan fingerprint density at radius 1 is 0.800 bits per heavy atom. The molecule has 3 aromatic rings. The first-order valence-electron chi connectivity index (χ1n) is 19.5. The molecule has 9 rings (SSSR count). The minimum absolute atomic E-state index is 0.00841. The van der Waals surface area contributed by atoms with E-state index >= 15 is 0 Å². The van der Waals surface area contributed by atoms with Crippen LogP contribution in [0.2, 0.25) is 0 Å². The molecule has 3 heterocycles. The minimum atomic E-state index is -2.19. The largest absolute Gasteiger partial charge is 0.339 e. The summed E-state index contributed by atoms with van der Waals surface area (Å²) in [5.41, 5.74) is 13.9. The fraction of sp³-hybridized carbons (Fsp3) is 0.571. The lowest BCUT2D eigenvalue weighted by molar-refractivity contribution is 0.195. The van der Waals surface area contributed by atoms with Gasteiger partial charge in [-0.1, -0.05) is 92.0 Å². The fourth-order valence-electron chi connectivity index (χ4n) is 11.2. The molecule has 0 spiro atoms. The lowest BCUT2D eigenvalue weighted by Crippen LogP contribution is -2.65. The lowest BCUT2D eigenvalue weighted by atomic mass is 9.33.